The Labute approximate surface area is 185 Å². The summed E-state index contributed by atoms with van der Waals surface area (Å²) in [5.41, 5.74) is 1.64. The Morgan fingerprint density at radius 1 is 1.10 bits per heavy atom. The minimum atomic E-state index is -4.02. The van der Waals surface area contributed by atoms with Gasteiger partial charge in [0.25, 0.3) is 10.1 Å². The molecule has 0 bridgehead atoms. The predicted molar refractivity (Wildman–Crippen MR) is 113 cm³/mol. The van der Waals surface area contributed by atoms with Gasteiger partial charge in [-0.05, 0) is 31.2 Å². The molecular formula is C19H21Cl2N3O5S. The molecule has 3 aromatic rings. The Morgan fingerprint density at radius 3 is 2.20 bits per heavy atom. The molecule has 0 saturated heterocycles. The van der Waals surface area contributed by atoms with Crippen LogP contribution in [-0.4, -0.2) is 42.0 Å². The summed E-state index contributed by atoms with van der Waals surface area (Å²) in [4.78, 5) is 3.83. The molecule has 0 unspecified atom stereocenters. The summed E-state index contributed by atoms with van der Waals surface area (Å²) in [6.07, 6.45) is 3.02. The van der Waals surface area contributed by atoms with Gasteiger partial charge in [-0.3, -0.25) is 4.55 Å². The maximum atomic E-state index is 10.5. The molecule has 2 aromatic carbocycles. The van der Waals surface area contributed by atoms with Gasteiger partial charge in [0.15, 0.2) is 0 Å². The smallest absolute Gasteiger partial charge is 0.294 e. The van der Waals surface area contributed by atoms with E-state index < -0.39 is 15.9 Å². The van der Waals surface area contributed by atoms with E-state index in [0.29, 0.717) is 22.2 Å². The molecule has 0 aliphatic heterocycles. The van der Waals surface area contributed by atoms with Gasteiger partial charge in [0, 0.05) is 24.8 Å². The van der Waals surface area contributed by atoms with Crippen LogP contribution in [-0.2, 0) is 31.9 Å². The monoisotopic (exact) mass is 473 g/mol. The third-order valence-electron chi connectivity index (χ3n) is 4.16. The minimum Gasteiger partial charge on any atom is -0.348 e. The number of aryl methyl sites for hydroxylation is 1. The van der Waals surface area contributed by atoms with Gasteiger partial charge in [0.05, 0.1) is 9.92 Å². The zero-order valence-corrected chi connectivity index (χ0v) is 18.8. The van der Waals surface area contributed by atoms with Crippen LogP contribution in [0.3, 0.4) is 0 Å². The fourth-order valence-electron chi connectivity index (χ4n) is 2.55. The molecule has 0 fully saturated rings. The molecule has 8 nitrogen and oxygen atoms in total. The molecule has 3 rings (SSSR count). The number of ether oxygens (including phenoxy) is 2. The van der Waals surface area contributed by atoms with Crippen LogP contribution in [0.2, 0.25) is 10.0 Å². The van der Waals surface area contributed by atoms with Crippen molar-refractivity contribution in [2.24, 2.45) is 0 Å². The standard InChI is InChI=1S/C12H13Cl2N3O2.C7H8O3S/c1-18-12(19-2,6-17-8-15-7-16-17)10-4-3-9(13)5-11(10)14;1-6-2-4-7(5-3-6)11(8,9)10/h3-5,7-8H,6H2,1-2H3;2-5H,1H3,(H,8,9,10). The molecule has 162 valence electrons. The van der Waals surface area contributed by atoms with Crippen molar-refractivity contribution in [1.29, 1.82) is 0 Å². The lowest BCUT2D eigenvalue weighted by molar-refractivity contribution is -0.226. The SMILES string of the molecule is COC(Cn1cncn1)(OC)c1ccc(Cl)cc1Cl.Cc1ccc(S(=O)(=O)O)cc1. The summed E-state index contributed by atoms with van der Waals surface area (Å²) in [6, 6.07) is 11.1. The van der Waals surface area contributed by atoms with E-state index >= 15 is 0 Å². The predicted octanol–water partition coefficient (Wildman–Crippen LogP) is 3.97. The highest BCUT2D eigenvalue weighted by Crippen LogP contribution is 2.34. The highest BCUT2D eigenvalue weighted by Gasteiger charge is 2.35. The number of hydrogen-bond acceptors (Lipinski definition) is 6. The summed E-state index contributed by atoms with van der Waals surface area (Å²) < 4.78 is 42.2. The normalized spacial score (nSPS) is 11.7. The van der Waals surface area contributed by atoms with Crippen molar-refractivity contribution in [3.8, 4) is 0 Å². The van der Waals surface area contributed by atoms with E-state index in [1.54, 1.807) is 55.6 Å². The number of benzene rings is 2. The van der Waals surface area contributed by atoms with E-state index in [4.69, 9.17) is 37.2 Å². The number of methoxy groups -OCH3 is 2. The first-order valence-corrected chi connectivity index (χ1v) is 10.7. The lowest BCUT2D eigenvalue weighted by atomic mass is 10.1. The number of hydrogen-bond donors (Lipinski definition) is 1. The van der Waals surface area contributed by atoms with Crippen molar-refractivity contribution in [3.05, 3.63) is 76.3 Å². The number of rotatable bonds is 6. The molecule has 0 spiro atoms. The van der Waals surface area contributed by atoms with E-state index in [9.17, 15) is 8.42 Å². The number of halogens is 2. The first-order valence-electron chi connectivity index (χ1n) is 8.53. The Hall–Kier alpha value is -2.01. The molecule has 30 heavy (non-hydrogen) atoms. The third-order valence-corrected chi connectivity index (χ3v) is 5.57. The van der Waals surface area contributed by atoms with Crippen LogP contribution >= 0.6 is 23.2 Å². The van der Waals surface area contributed by atoms with Crippen molar-refractivity contribution in [2.45, 2.75) is 24.2 Å². The first-order chi connectivity index (χ1) is 14.1. The molecule has 1 aromatic heterocycles. The second-order valence-electron chi connectivity index (χ2n) is 6.17. The Bertz CT molecular complexity index is 1050. The molecular weight excluding hydrogens is 453 g/mol. The Kier molecular flexibility index (Phi) is 8.36. The van der Waals surface area contributed by atoms with E-state index in [1.807, 2.05) is 6.92 Å². The maximum Gasteiger partial charge on any atom is 0.294 e. The van der Waals surface area contributed by atoms with Gasteiger partial charge >= 0.3 is 0 Å². The molecule has 0 atom stereocenters. The molecule has 1 heterocycles. The quantitative estimate of drug-likeness (QED) is 0.426. The first kappa shape index (κ1) is 24.3. The summed E-state index contributed by atoms with van der Waals surface area (Å²) in [6.45, 7) is 2.16. The van der Waals surface area contributed by atoms with E-state index in [1.165, 1.54) is 18.5 Å². The van der Waals surface area contributed by atoms with Crippen LogP contribution in [0, 0.1) is 6.92 Å². The van der Waals surface area contributed by atoms with Crippen LogP contribution < -0.4 is 0 Å². The van der Waals surface area contributed by atoms with Gasteiger partial charge in [-0.25, -0.2) is 9.67 Å². The van der Waals surface area contributed by atoms with Gasteiger partial charge in [0.2, 0.25) is 5.79 Å². The van der Waals surface area contributed by atoms with Crippen LogP contribution in [0.4, 0.5) is 0 Å². The summed E-state index contributed by atoms with van der Waals surface area (Å²) >= 11 is 12.1. The average molecular weight is 474 g/mol. The number of nitrogens with zero attached hydrogens (tertiary/aromatic N) is 3. The molecule has 0 amide bonds. The van der Waals surface area contributed by atoms with E-state index in [-0.39, 0.29) is 4.90 Å². The van der Waals surface area contributed by atoms with Crippen molar-refractivity contribution in [2.75, 3.05) is 14.2 Å². The Balaban J connectivity index is 0.000000248. The summed E-state index contributed by atoms with van der Waals surface area (Å²) in [5.74, 6) is -1.05. The van der Waals surface area contributed by atoms with Crippen molar-refractivity contribution in [1.82, 2.24) is 14.8 Å². The largest absolute Gasteiger partial charge is 0.348 e. The van der Waals surface area contributed by atoms with Crippen LogP contribution in [0.15, 0.2) is 60.0 Å². The molecule has 0 aliphatic rings. The van der Waals surface area contributed by atoms with Gasteiger partial charge in [-0.15, -0.1) is 0 Å². The highest BCUT2D eigenvalue weighted by atomic mass is 35.5. The summed E-state index contributed by atoms with van der Waals surface area (Å²) in [7, 11) is -0.926. The molecule has 1 N–H and O–H groups in total. The topological polar surface area (TPSA) is 104 Å². The molecule has 0 radical (unpaired) electrons. The zero-order chi connectivity index (χ0) is 22.4. The fraction of sp³-hybridized carbons (Fsp3) is 0.263. The van der Waals surface area contributed by atoms with Crippen molar-refractivity contribution in [3.63, 3.8) is 0 Å². The minimum absolute atomic E-state index is 0.0666. The second-order valence-corrected chi connectivity index (χ2v) is 8.43. The van der Waals surface area contributed by atoms with Crippen LogP contribution in [0.5, 0.6) is 0 Å². The molecule has 11 heteroatoms. The second kappa shape index (κ2) is 10.3. The highest BCUT2D eigenvalue weighted by molar-refractivity contribution is 7.85. The van der Waals surface area contributed by atoms with Crippen molar-refractivity contribution >= 4 is 33.3 Å². The lowest BCUT2D eigenvalue weighted by Gasteiger charge is -2.31. The van der Waals surface area contributed by atoms with Crippen LogP contribution in [0.1, 0.15) is 11.1 Å². The molecule has 0 saturated carbocycles. The van der Waals surface area contributed by atoms with Crippen molar-refractivity contribution < 1.29 is 22.4 Å². The lowest BCUT2D eigenvalue weighted by Crippen LogP contribution is -2.36. The molecule has 0 aliphatic carbocycles. The maximum absolute atomic E-state index is 10.5. The van der Waals surface area contributed by atoms with Gasteiger partial charge in [-0.1, -0.05) is 47.0 Å². The van der Waals surface area contributed by atoms with Gasteiger partial charge in [0.1, 0.15) is 19.2 Å². The average Bonchev–Trinajstić information content (AvgIpc) is 3.19. The van der Waals surface area contributed by atoms with E-state index in [0.717, 1.165) is 5.56 Å². The van der Waals surface area contributed by atoms with Gasteiger partial charge < -0.3 is 9.47 Å². The van der Waals surface area contributed by atoms with E-state index in [2.05, 4.69) is 10.1 Å². The fourth-order valence-corrected chi connectivity index (χ4v) is 3.59. The Morgan fingerprint density at radius 2 is 1.73 bits per heavy atom. The third kappa shape index (κ3) is 6.24. The van der Waals surface area contributed by atoms with Gasteiger partial charge in [-0.2, -0.15) is 13.5 Å². The van der Waals surface area contributed by atoms with Crippen LogP contribution in [0.25, 0.3) is 0 Å². The number of aromatic nitrogens is 3. The summed E-state index contributed by atoms with van der Waals surface area (Å²) in [5, 5.41) is 5.07. The zero-order valence-electron chi connectivity index (χ0n) is 16.5.